The quantitative estimate of drug-likeness (QED) is 0.651. The van der Waals surface area contributed by atoms with Crippen molar-refractivity contribution in [1.82, 2.24) is 15.4 Å². The van der Waals surface area contributed by atoms with Crippen LogP contribution in [-0.4, -0.2) is 28.8 Å². The zero-order valence-corrected chi connectivity index (χ0v) is 16.4. The molecule has 2 N–H and O–H groups in total. The van der Waals surface area contributed by atoms with Gasteiger partial charge < -0.3 is 9.47 Å². The first-order valence-corrected chi connectivity index (χ1v) is 9.52. The molecule has 3 aromatic rings. The van der Waals surface area contributed by atoms with Crippen LogP contribution in [0.3, 0.4) is 0 Å². The van der Waals surface area contributed by atoms with Gasteiger partial charge in [-0.1, -0.05) is 35.9 Å². The molecule has 1 aliphatic heterocycles. The molecule has 0 aliphatic carbocycles. The summed E-state index contributed by atoms with van der Waals surface area (Å²) < 4.78 is 1.85. The number of nitrogens with one attached hydrogen (secondary N) is 2. The van der Waals surface area contributed by atoms with Gasteiger partial charge in [0.05, 0.1) is 11.5 Å². The smallest absolute Gasteiger partial charge is 0.271 e. The molecular weight excluding hydrogens is 392 g/mol. The number of carbonyl (C=O) groups excluding carboxylic acids is 3. The zero-order valence-electron chi connectivity index (χ0n) is 15.7. The molecule has 8 heteroatoms. The molecule has 1 atom stereocenters. The molecule has 1 aliphatic rings. The minimum atomic E-state index is -0.561. The van der Waals surface area contributed by atoms with Crippen LogP contribution in [0, 0.1) is 5.92 Å². The van der Waals surface area contributed by atoms with E-state index in [0.717, 1.165) is 10.9 Å². The summed E-state index contributed by atoms with van der Waals surface area (Å²) in [6, 6.07) is 14.4. The van der Waals surface area contributed by atoms with Gasteiger partial charge in [-0.3, -0.25) is 25.2 Å². The molecule has 0 spiro atoms. The second kappa shape index (κ2) is 7.60. The number of aryl methyl sites for hydroxylation is 1. The van der Waals surface area contributed by atoms with Gasteiger partial charge in [0, 0.05) is 47.8 Å². The van der Waals surface area contributed by atoms with Crippen LogP contribution in [0.2, 0.25) is 5.02 Å². The van der Waals surface area contributed by atoms with Crippen molar-refractivity contribution in [3.8, 4) is 0 Å². The number of hydrogen-bond donors (Lipinski definition) is 2. The van der Waals surface area contributed by atoms with Crippen molar-refractivity contribution in [2.45, 2.75) is 6.42 Å². The highest BCUT2D eigenvalue weighted by atomic mass is 35.5. The molecule has 3 amide bonds. The number of carbonyl (C=O) groups is 3. The summed E-state index contributed by atoms with van der Waals surface area (Å²) in [5, 5.41) is 1.32. The van der Waals surface area contributed by atoms with E-state index in [-0.39, 0.29) is 18.9 Å². The molecule has 0 bridgehead atoms. The van der Waals surface area contributed by atoms with Gasteiger partial charge in [0.15, 0.2) is 0 Å². The van der Waals surface area contributed by atoms with E-state index in [0.29, 0.717) is 16.3 Å². The van der Waals surface area contributed by atoms with E-state index in [4.69, 9.17) is 11.6 Å². The molecular formula is C21H19ClN4O3. The minimum absolute atomic E-state index is 0.0719. The number of hydrogen-bond acceptors (Lipinski definition) is 3. The van der Waals surface area contributed by atoms with E-state index in [1.165, 1.54) is 4.90 Å². The van der Waals surface area contributed by atoms with Crippen molar-refractivity contribution in [3.05, 3.63) is 65.3 Å². The molecule has 0 saturated carbocycles. The first kappa shape index (κ1) is 19.0. The second-order valence-corrected chi connectivity index (χ2v) is 7.44. The lowest BCUT2D eigenvalue weighted by atomic mass is 10.1. The zero-order chi connectivity index (χ0) is 20.5. The predicted molar refractivity (Wildman–Crippen MR) is 110 cm³/mol. The van der Waals surface area contributed by atoms with Crippen LogP contribution in [-0.2, 0) is 16.6 Å². The Hall–Kier alpha value is -3.32. The molecule has 1 fully saturated rings. The molecule has 2 aromatic carbocycles. The average Bonchev–Trinajstić information content (AvgIpc) is 3.27. The highest BCUT2D eigenvalue weighted by molar-refractivity contribution is 6.31. The van der Waals surface area contributed by atoms with Crippen LogP contribution in [0.15, 0.2) is 54.7 Å². The first-order valence-electron chi connectivity index (χ1n) is 9.14. The summed E-state index contributed by atoms with van der Waals surface area (Å²) in [6.45, 7) is 0.231. The van der Waals surface area contributed by atoms with Crippen molar-refractivity contribution >= 4 is 45.9 Å². The second-order valence-electron chi connectivity index (χ2n) is 7.00. The maximum absolute atomic E-state index is 12.5. The lowest BCUT2D eigenvalue weighted by Crippen LogP contribution is -2.45. The lowest BCUT2D eigenvalue weighted by molar-refractivity contribution is -0.126. The average molecular weight is 411 g/mol. The monoisotopic (exact) mass is 410 g/mol. The maximum Gasteiger partial charge on any atom is 0.271 e. The number of rotatable bonds is 3. The number of hydrazine groups is 1. The van der Waals surface area contributed by atoms with E-state index < -0.39 is 17.7 Å². The van der Waals surface area contributed by atoms with Crippen LogP contribution in [0.25, 0.3) is 10.9 Å². The van der Waals surface area contributed by atoms with Gasteiger partial charge >= 0.3 is 0 Å². The Kier molecular flexibility index (Phi) is 4.98. The van der Waals surface area contributed by atoms with E-state index in [1.54, 1.807) is 30.5 Å². The van der Waals surface area contributed by atoms with Gasteiger partial charge in [0.2, 0.25) is 11.8 Å². The molecule has 1 saturated heterocycles. The third kappa shape index (κ3) is 3.69. The Morgan fingerprint density at radius 1 is 1.10 bits per heavy atom. The van der Waals surface area contributed by atoms with Gasteiger partial charge in [0.1, 0.15) is 0 Å². The van der Waals surface area contributed by atoms with Gasteiger partial charge in [-0.2, -0.15) is 0 Å². The number of fused-ring (bicyclic) bond motifs is 1. The van der Waals surface area contributed by atoms with E-state index >= 15 is 0 Å². The molecule has 148 valence electrons. The number of anilines is 1. The van der Waals surface area contributed by atoms with E-state index in [9.17, 15) is 14.4 Å². The van der Waals surface area contributed by atoms with Gasteiger partial charge in [0.25, 0.3) is 5.91 Å². The van der Waals surface area contributed by atoms with Gasteiger partial charge in [-0.15, -0.1) is 0 Å². The number of amides is 3. The van der Waals surface area contributed by atoms with Crippen molar-refractivity contribution < 1.29 is 14.4 Å². The molecule has 29 heavy (non-hydrogen) atoms. The summed E-state index contributed by atoms with van der Waals surface area (Å²) in [7, 11) is 1.85. The molecule has 0 radical (unpaired) electrons. The number of benzene rings is 2. The summed E-state index contributed by atoms with van der Waals surface area (Å²) in [5.41, 5.74) is 6.94. The number of aromatic nitrogens is 1. The molecule has 1 unspecified atom stereocenters. The Bertz CT molecular complexity index is 1120. The van der Waals surface area contributed by atoms with Gasteiger partial charge in [-0.25, -0.2) is 0 Å². The molecule has 1 aromatic heterocycles. The standard InChI is InChI=1S/C21H19ClN4O3/c1-25-12-17(16-7-2-3-8-18(16)25)21(29)24-23-20(28)13-9-19(27)26(11-13)15-6-4-5-14(22)10-15/h2-8,10,12-13H,9,11H2,1H3,(H,23,28)(H,24,29). The summed E-state index contributed by atoms with van der Waals surface area (Å²) in [6.07, 6.45) is 1.79. The number of nitrogens with zero attached hydrogens (tertiary/aromatic N) is 2. The molecule has 4 rings (SSSR count). The van der Waals surface area contributed by atoms with Crippen LogP contribution >= 0.6 is 11.6 Å². The summed E-state index contributed by atoms with van der Waals surface area (Å²) in [5.74, 6) is -1.54. The van der Waals surface area contributed by atoms with E-state index in [1.807, 2.05) is 35.9 Å². The SMILES string of the molecule is Cn1cc(C(=O)NNC(=O)C2CC(=O)N(c3cccc(Cl)c3)C2)c2ccccc21. The van der Waals surface area contributed by atoms with Crippen LogP contribution in [0.4, 0.5) is 5.69 Å². The third-order valence-corrected chi connectivity index (χ3v) is 5.29. The number of halogens is 1. The number of para-hydroxylation sites is 1. The highest BCUT2D eigenvalue weighted by Crippen LogP contribution is 2.27. The van der Waals surface area contributed by atoms with Crippen LogP contribution in [0.5, 0.6) is 0 Å². The van der Waals surface area contributed by atoms with Crippen molar-refractivity contribution in [3.63, 3.8) is 0 Å². The predicted octanol–water partition coefficient (Wildman–Crippen LogP) is 2.65. The summed E-state index contributed by atoms with van der Waals surface area (Å²) in [4.78, 5) is 38.9. The molecule has 7 nitrogen and oxygen atoms in total. The van der Waals surface area contributed by atoms with Crippen LogP contribution < -0.4 is 15.8 Å². The summed E-state index contributed by atoms with van der Waals surface area (Å²) >= 11 is 5.99. The van der Waals surface area contributed by atoms with Crippen molar-refractivity contribution in [1.29, 1.82) is 0 Å². The van der Waals surface area contributed by atoms with E-state index in [2.05, 4.69) is 10.9 Å². The van der Waals surface area contributed by atoms with Gasteiger partial charge in [-0.05, 0) is 24.3 Å². The fourth-order valence-electron chi connectivity index (χ4n) is 3.59. The van der Waals surface area contributed by atoms with Crippen molar-refractivity contribution in [2.24, 2.45) is 13.0 Å². The van der Waals surface area contributed by atoms with Crippen LogP contribution in [0.1, 0.15) is 16.8 Å². The lowest BCUT2D eigenvalue weighted by Gasteiger charge is -2.17. The fraction of sp³-hybridized carbons (Fsp3) is 0.190. The molecule has 2 heterocycles. The topological polar surface area (TPSA) is 83.4 Å². The first-order chi connectivity index (χ1) is 13.9. The Morgan fingerprint density at radius 3 is 2.69 bits per heavy atom. The third-order valence-electron chi connectivity index (χ3n) is 5.06. The minimum Gasteiger partial charge on any atom is -0.350 e. The van der Waals surface area contributed by atoms with Crippen molar-refractivity contribution in [2.75, 3.05) is 11.4 Å². The maximum atomic E-state index is 12.5. The highest BCUT2D eigenvalue weighted by Gasteiger charge is 2.35. The normalized spacial score (nSPS) is 16.3. The Morgan fingerprint density at radius 2 is 1.90 bits per heavy atom. The Balaban J connectivity index is 1.41. The fourth-order valence-corrected chi connectivity index (χ4v) is 3.77. The Labute approximate surface area is 172 Å². The largest absolute Gasteiger partial charge is 0.350 e.